The molecule has 4 heterocycles. The van der Waals surface area contributed by atoms with E-state index in [9.17, 15) is 22.8 Å². The third kappa shape index (κ3) is 7.07. The lowest BCUT2D eigenvalue weighted by Crippen LogP contribution is -2.40. The minimum atomic E-state index is -4.69. The maximum atomic E-state index is 14.2. The Morgan fingerprint density at radius 2 is 1.65 bits per heavy atom. The number of esters is 1. The molecule has 3 aromatic carbocycles. The summed E-state index contributed by atoms with van der Waals surface area (Å²) in [6.45, 7) is 1.82. The zero-order valence-electron chi connectivity index (χ0n) is 27.5. The van der Waals surface area contributed by atoms with Gasteiger partial charge in [0.25, 0.3) is 5.56 Å². The van der Waals surface area contributed by atoms with Crippen molar-refractivity contribution in [3.8, 4) is 17.0 Å². The summed E-state index contributed by atoms with van der Waals surface area (Å²) in [4.78, 5) is 41.1. The smallest absolute Gasteiger partial charge is 0.433 e. The van der Waals surface area contributed by atoms with Crippen molar-refractivity contribution in [1.82, 2.24) is 14.5 Å². The third-order valence-electron chi connectivity index (χ3n) is 7.94. The number of benzene rings is 3. The van der Waals surface area contributed by atoms with Gasteiger partial charge in [0, 0.05) is 17.2 Å². The summed E-state index contributed by atoms with van der Waals surface area (Å²) in [5.41, 5.74) is 0.973. The van der Waals surface area contributed by atoms with E-state index >= 15 is 0 Å². The number of alkyl halides is 3. The molecule has 0 saturated heterocycles. The summed E-state index contributed by atoms with van der Waals surface area (Å²) in [7, 11) is 1.54. The summed E-state index contributed by atoms with van der Waals surface area (Å²) < 4.78 is 59.8. The molecule has 1 atom stereocenters. The molecule has 0 bridgehead atoms. The first-order valence-corrected chi connectivity index (χ1v) is 17.5. The van der Waals surface area contributed by atoms with Crippen LogP contribution in [0.2, 0.25) is 0 Å². The van der Waals surface area contributed by atoms with E-state index < -0.39 is 29.4 Å². The molecule has 1 aliphatic rings. The number of halogens is 3. The fourth-order valence-corrected chi connectivity index (χ4v) is 7.32. The second-order valence-corrected chi connectivity index (χ2v) is 13.2. The molecule has 6 aromatic rings. The molecular weight excluding hydrogens is 714 g/mol. The van der Waals surface area contributed by atoms with Gasteiger partial charge in [-0.2, -0.15) is 13.2 Å². The molecule has 0 aliphatic carbocycles. The van der Waals surface area contributed by atoms with Crippen molar-refractivity contribution < 1.29 is 31.9 Å². The quantitative estimate of drug-likeness (QED) is 0.114. The first-order valence-electron chi connectivity index (χ1n) is 15.8. The van der Waals surface area contributed by atoms with Crippen molar-refractivity contribution in [2.75, 3.05) is 13.7 Å². The van der Waals surface area contributed by atoms with Crippen molar-refractivity contribution in [2.45, 2.75) is 29.4 Å². The lowest BCUT2D eigenvalue weighted by Gasteiger charge is -2.26. The van der Waals surface area contributed by atoms with Gasteiger partial charge in [0.1, 0.15) is 17.2 Å². The van der Waals surface area contributed by atoms with Crippen LogP contribution in [0, 0.1) is 0 Å². The SMILES string of the molecule is CCOC(=O)C1=C(c2ccccc2)N=c2s/c(=C/c3ccc(Sc4nc(-c5ccccc5)cc(C(F)(F)F)n4)o3)c(=O)n2[C@H]1c1ccc(OC)cc1. The average Bonchev–Trinajstić information content (AvgIpc) is 3.73. The Bertz CT molecular complexity index is 2480. The number of fused-ring (bicyclic) bond motifs is 1. The van der Waals surface area contributed by atoms with Gasteiger partial charge in [-0.25, -0.2) is 19.8 Å². The normalized spacial score (nSPS) is 14.6. The molecule has 52 heavy (non-hydrogen) atoms. The Morgan fingerprint density at radius 1 is 0.962 bits per heavy atom. The van der Waals surface area contributed by atoms with Gasteiger partial charge in [0.2, 0.25) is 0 Å². The Balaban J connectivity index is 1.31. The Hall–Kier alpha value is -5.73. The van der Waals surface area contributed by atoms with Crippen LogP contribution in [0.1, 0.15) is 35.5 Å². The molecule has 0 saturated carbocycles. The fraction of sp³-hybridized carbons (Fsp3) is 0.132. The molecule has 262 valence electrons. The van der Waals surface area contributed by atoms with E-state index in [-0.39, 0.29) is 38.4 Å². The van der Waals surface area contributed by atoms with E-state index in [2.05, 4.69) is 9.97 Å². The summed E-state index contributed by atoms with van der Waals surface area (Å²) in [5.74, 6) is 0.247. The van der Waals surface area contributed by atoms with Gasteiger partial charge in [-0.05, 0) is 54.6 Å². The summed E-state index contributed by atoms with van der Waals surface area (Å²) in [6, 6.07) is 27.9. The lowest BCUT2D eigenvalue weighted by molar-refractivity contribution is -0.141. The second-order valence-electron chi connectivity index (χ2n) is 11.2. The number of thiazole rings is 1. The number of nitrogens with zero attached hydrogens (tertiary/aromatic N) is 4. The first kappa shape index (κ1) is 34.7. The van der Waals surface area contributed by atoms with Crippen molar-refractivity contribution in [3.63, 3.8) is 0 Å². The summed E-state index contributed by atoms with van der Waals surface area (Å²) >= 11 is 1.93. The predicted molar refractivity (Wildman–Crippen MR) is 189 cm³/mol. The minimum Gasteiger partial charge on any atom is -0.497 e. The van der Waals surface area contributed by atoms with E-state index in [1.165, 1.54) is 10.6 Å². The molecule has 0 spiro atoms. The lowest BCUT2D eigenvalue weighted by atomic mass is 9.93. The first-order chi connectivity index (χ1) is 25.1. The van der Waals surface area contributed by atoms with E-state index in [4.69, 9.17) is 18.9 Å². The molecule has 14 heteroatoms. The average molecular weight is 741 g/mol. The van der Waals surface area contributed by atoms with Crippen molar-refractivity contribution >= 4 is 40.8 Å². The van der Waals surface area contributed by atoms with Crippen molar-refractivity contribution in [2.24, 2.45) is 4.99 Å². The van der Waals surface area contributed by atoms with Crippen molar-refractivity contribution in [1.29, 1.82) is 0 Å². The number of furan rings is 1. The van der Waals surface area contributed by atoms with Gasteiger partial charge in [-0.15, -0.1) is 0 Å². The molecule has 0 fully saturated rings. The topological polar surface area (TPSA) is 109 Å². The number of hydrogen-bond acceptors (Lipinski definition) is 10. The van der Waals surface area contributed by atoms with Gasteiger partial charge in [-0.3, -0.25) is 9.36 Å². The van der Waals surface area contributed by atoms with E-state index in [0.717, 1.165) is 29.2 Å². The Morgan fingerprint density at radius 3 is 2.31 bits per heavy atom. The van der Waals surface area contributed by atoms with Crippen LogP contribution in [0.3, 0.4) is 0 Å². The standard InChI is InChI=1S/C38H27F3N4O5S2/c1-3-49-35(47)31-32(23-12-8-5-9-13-23)44-37-45(33(31)24-14-16-25(48-2)17-15-24)34(46)28(51-37)20-26-18-19-30(50-26)52-36-42-27(22-10-6-4-7-11-22)21-29(43-36)38(39,40)41/h4-21,33H,3H2,1-2H3/b28-20+/t33-/m0/s1. The molecular formula is C38H27F3N4O5S2. The molecule has 0 amide bonds. The number of carbonyl (C=O) groups excluding carboxylic acids is 1. The molecule has 0 N–H and O–H groups in total. The van der Waals surface area contributed by atoms with E-state index in [0.29, 0.717) is 32.9 Å². The summed E-state index contributed by atoms with van der Waals surface area (Å²) in [6.07, 6.45) is -3.17. The zero-order chi connectivity index (χ0) is 36.4. The maximum Gasteiger partial charge on any atom is 0.433 e. The number of aromatic nitrogens is 3. The van der Waals surface area contributed by atoms with Gasteiger partial charge >= 0.3 is 12.1 Å². The number of methoxy groups -OCH3 is 1. The number of hydrogen-bond donors (Lipinski definition) is 0. The van der Waals surface area contributed by atoms with E-state index in [1.54, 1.807) is 80.8 Å². The maximum absolute atomic E-state index is 14.2. The monoisotopic (exact) mass is 740 g/mol. The van der Waals surface area contributed by atoms with Crippen LogP contribution < -0.4 is 19.6 Å². The third-order valence-corrected chi connectivity index (χ3v) is 9.71. The number of carbonyl (C=O) groups is 1. The molecule has 0 unspecified atom stereocenters. The molecule has 1 aliphatic heterocycles. The van der Waals surface area contributed by atoms with Crippen LogP contribution in [0.25, 0.3) is 23.0 Å². The van der Waals surface area contributed by atoms with Crippen molar-refractivity contribution in [3.05, 3.63) is 151 Å². The van der Waals surface area contributed by atoms with Crippen LogP contribution >= 0.6 is 23.1 Å². The number of rotatable bonds is 9. The molecule has 3 aromatic heterocycles. The van der Waals surface area contributed by atoms with Crippen LogP contribution in [0.4, 0.5) is 13.2 Å². The van der Waals surface area contributed by atoms with Gasteiger partial charge in [0.05, 0.1) is 41.3 Å². The zero-order valence-corrected chi connectivity index (χ0v) is 29.1. The number of ether oxygens (including phenoxy) is 2. The van der Waals surface area contributed by atoms with Crippen LogP contribution in [0.15, 0.2) is 133 Å². The molecule has 7 rings (SSSR count). The predicted octanol–water partition coefficient (Wildman–Crippen LogP) is 7.16. The van der Waals surface area contributed by atoms with Crippen LogP contribution in [0.5, 0.6) is 5.75 Å². The highest BCUT2D eigenvalue weighted by Gasteiger charge is 2.36. The van der Waals surface area contributed by atoms with Gasteiger partial charge in [-0.1, -0.05) is 84.1 Å². The fourth-order valence-electron chi connectivity index (χ4n) is 5.60. The Kier molecular flexibility index (Phi) is 9.67. The molecule has 9 nitrogen and oxygen atoms in total. The van der Waals surface area contributed by atoms with Crippen LogP contribution in [-0.4, -0.2) is 34.2 Å². The highest BCUT2D eigenvalue weighted by atomic mass is 32.2. The molecule has 0 radical (unpaired) electrons. The van der Waals surface area contributed by atoms with E-state index in [1.807, 2.05) is 30.3 Å². The Labute approximate surface area is 302 Å². The second kappa shape index (κ2) is 14.5. The van der Waals surface area contributed by atoms with Gasteiger partial charge < -0.3 is 13.9 Å². The summed E-state index contributed by atoms with van der Waals surface area (Å²) in [5, 5.41) is 0.0535. The van der Waals surface area contributed by atoms with Crippen LogP contribution in [-0.2, 0) is 15.7 Å². The minimum absolute atomic E-state index is 0.113. The highest BCUT2D eigenvalue weighted by molar-refractivity contribution is 7.99. The highest BCUT2D eigenvalue weighted by Crippen LogP contribution is 2.37. The van der Waals surface area contributed by atoms with Gasteiger partial charge in [0.15, 0.2) is 15.1 Å². The largest absolute Gasteiger partial charge is 0.497 e.